The first-order valence-electron chi connectivity index (χ1n) is 15.3. The van der Waals surface area contributed by atoms with E-state index in [1.54, 1.807) is 29.3 Å². The van der Waals surface area contributed by atoms with Crippen LogP contribution in [0.3, 0.4) is 0 Å². The number of aromatic nitrogens is 4. The number of benzene rings is 2. The molecule has 4 aromatic rings. The van der Waals surface area contributed by atoms with Crippen molar-refractivity contribution in [2.75, 3.05) is 29.8 Å². The van der Waals surface area contributed by atoms with E-state index in [2.05, 4.69) is 40.4 Å². The summed E-state index contributed by atoms with van der Waals surface area (Å²) in [7, 11) is -2.23. The average Bonchev–Trinajstić information content (AvgIpc) is 3.00. The highest BCUT2D eigenvalue weighted by Crippen LogP contribution is 2.31. The minimum absolute atomic E-state index is 0.0868. The number of carbonyl (C=O) groups excluding carboxylic acids is 1. The number of fused-ring (bicyclic) bond motifs is 4. The topological polar surface area (TPSA) is 131 Å². The zero-order valence-electron chi connectivity index (χ0n) is 27.4. The maximum atomic E-state index is 14.4. The summed E-state index contributed by atoms with van der Waals surface area (Å²) in [5, 5.41) is 0. The number of amides is 1. The maximum Gasteiger partial charge on any atom is 0.264 e. The van der Waals surface area contributed by atoms with Gasteiger partial charge in [0.25, 0.3) is 15.9 Å². The summed E-state index contributed by atoms with van der Waals surface area (Å²) < 4.78 is 36.1. The fraction of sp³-hybridized carbons (Fsp3) is 0.382. The molecule has 4 bridgehead atoms. The molecule has 1 aliphatic heterocycles. The normalized spacial score (nSPS) is 16.4. The summed E-state index contributed by atoms with van der Waals surface area (Å²) in [5.74, 6) is 0.898. The van der Waals surface area contributed by atoms with Gasteiger partial charge in [0.1, 0.15) is 18.2 Å². The molecule has 0 radical (unpaired) electrons. The van der Waals surface area contributed by atoms with Crippen molar-refractivity contribution >= 4 is 27.7 Å². The predicted octanol–water partition coefficient (Wildman–Crippen LogP) is 5.65. The SMILES string of the molecule is CCN(C)c1ccnc(CN2C(=O)c3cccc(c3)S(=O)(=O)Nc3nc(cc(-c4c(C)cccc4C)n3)OC[C@H]2CC(C)(C)C)n1. The molecule has 0 spiro atoms. The number of anilines is 2. The quantitative estimate of drug-likeness (QED) is 0.283. The molecule has 2 aromatic heterocycles. The molecule has 0 aliphatic carbocycles. The molecule has 0 saturated carbocycles. The molecule has 1 aliphatic rings. The van der Waals surface area contributed by atoms with E-state index in [9.17, 15) is 13.2 Å². The van der Waals surface area contributed by atoms with Gasteiger partial charge in [-0.25, -0.2) is 28.1 Å². The Hall–Kier alpha value is -4.58. The van der Waals surface area contributed by atoms with Crippen molar-refractivity contribution in [2.45, 2.75) is 65.4 Å². The molecule has 1 atom stereocenters. The van der Waals surface area contributed by atoms with Crippen LogP contribution in [0.15, 0.2) is 65.7 Å². The van der Waals surface area contributed by atoms with E-state index >= 15 is 0 Å². The van der Waals surface area contributed by atoms with Crippen LogP contribution in [-0.4, -0.2) is 65.4 Å². The van der Waals surface area contributed by atoms with Crippen LogP contribution in [0.2, 0.25) is 0 Å². The second kappa shape index (κ2) is 13.0. The van der Waals surface area contributed by atoms with Crippen LogP contribution in [0.25, 0.3) is 11.3 Å². The standard InChI is InChI=1S/C34H41N7O4S/c1-8-40(7)29-15-16-35-28(37-29)20-41-25(19-34(4,5)6)21-45-30-18-27(31-22(2)11-9-12-23(31)3)36-33(38-30)39-46(43,44)26-14-10-13-24(17-26)32(41)42/h9-18,25H,8,19-21H2,1-7H3,(H,36,38,39)/t25-/m1/s1. The lowest BCUT2D eigenvalue weighted by atomic mass is 9.87. The first-order chi connectivity index (χ1) is 21.7. The van der Waals surface area contributed by atoms with Gasteiger partial charge in [-0.1, -0.05) is 45.0 Å². The molecule has 12 heteroatoms. The smallest absolute Gasteiger partial charge is 0.264 e. The minimum atomic E-state index is -4.17. The Bertz CT molecular complexity index is 1840. The number of aryl methyl sites for hydroxylation is 2. The lowest BCUT2D eigenvalue weighted by Crippen LogP contribution is -2.45. The molecule has 3 heterocycles. The first-order valence-corrected chi connectivity index (χ1v) is 16.8. The Labute approximate surface area is 271 Å². The van der Waals surface area contributed by atoms with Crippen molar-refractivity contribution < 1.29 is 17.9 Å². The monoisotopic (exact) mass is 643 g/mol. The number of nitrogens with zero attached hydrogens (tertiary/aromatic N) is 6. The summed E-state index contributed by atoms with van der Waals surface area (Å²) >= 11 is 0. The van der Waals surface area contributed by atoms with Crippen LogP contribution in [-0.2, 0) is 16.6 Å². The number of ether oxygens (including phenoxy) is 1. The van der Waals surface area contributed by atoms with E-state index in [4.69, 9.17) is 9.72 Å². The van der Waals surface area contributed by atoms with Gasteiger partial charge in [-0.15, -0.1) is 0 Å². The van der Waals surface area contributed by atoms with Crippen LogP contribution < -0.4 is 14.4 Å². The highest BCUT2D eigenvalue weighted by molar-refractivity contribution is 7.92. The number of carbonyl (C=O) groups is 1. The third-order valence-electron chi connectivity index (χ3n) is 7.90. The Morgan fingerprint density at radius 2 is 1.74 bits per heavy atom. The molecule has 0 saturated heterocycles. The largest absolute Gasteiger partial charge is 0.475 e. The second-order valence-electron chi connectivity index (χ2n) is 12.8. The fourth-order valence-corrected chi connectivity index (χ4v) is 6.53. The van der Waals surface area contributed by atoms with Gasteiger partial charge in [0.05, 0.1) is 23.2 Å². The van der Waals surface area contributed by atoms with Crippen molar-refractivity contribution in [3.05, 3.63) is 83.3 Å². The number of rotatable bonds is 6. The third-order valence-corrected chi connectivity index (χ3v) is 9.22. The van der Waals surface area contributed by atoms with E-state index in [0.717, 1.165) is 29.1 Å². The van der Waals surface area contributed by atoms with Crippen molar-refractivity contribution in [3.63, 3.8) is 0 Å². The van der Waals surface area contributed by atoms with Gasteiger partial charge in [-0.05, 0) is 68.0 Å². The Balaban J connectivity index is 1.67. The van der Waals surface area contributed by atoms with E-state index in [-0.39, 0.29) is 46.8 Å². The Kier molecular flexibility index (Phi) is 9.29. The van der Waals surface area contributed by atoms with Crippen LogP contribution in [0.4, 0.5) is 11.8 Å². The van der Waals surface area contributed by atoms with Crippen molar-refractivity contribution in [1.82, 2.24) is 24.8 Å². The summed E-state index contributed by atoms with van der Waals surface area (Å²) in [6.07, 6.45) is 2.26. The molecule has 0 unspecified atom stereocenters. The van der Waals surface area contributed by atoms with Gasteiger partial charge < -0.3 is 14.5 Å². The van der Waals surface area contributed by atoms with Crippen molar-refractivity contribution in [2.24, 2.45) is 5.41 Å². The number of hydrogen-bond acceptors (Lipinski definition) is 9. The first kappa shape index (κ1) is 32.8. The van der Waals surface area contributed by atoms with Gasteiger partial charge in [-0.3, -0.25) is 4.79 Å². The van der Waals surface area contributed by atoms with Crippen LogP contribution in [0, 0.1) is 19.3 Å². The molecular formula is C34H41N7O4S. The van der Waals surface area contributed by atoms with Crippen LogP contribution >= 0.6 is 0 Å². The molecule has 0 fully saturated rings. The highest BCUT2D eigenvalue weighted by atomic mass is 32.2. The van der Waals surface area contributed by atoms with Gasteiger partial charge in [-0.2, -0.15) is 4.98 Å². The van der Waals surface area contributed by atoms with E-state index in [0.29, 0.717) is 17.9 Å². The van der Waals surface area contributed by atoms with E-state index < -0.39 is 16.1 Å². The molecule has 1 N–H and O–H groups in total. The fourth-order valence-electron chi connectivity index (χ4n) is 5.54. The van der Waals surface area contributed by atoms with Crippen LogP contribution in [0.5, 0.6) is 5.88 Å². The average molecular weight is 644 g/mol. The Morgan fingerprint density at radius 3 is 2.43 bits per heavy atom. The molecule has 46 heavy (non-hydrogen) atoms. The maximum absolute atomic E-state index is 14.4. The Morgan fingerprint density at radius 1 is 1.02 bits per heavy atom. The van der Waals surface area contributed by atoms with Gasteiger partial charge in [0, 0.05) is 37.0 Å². The molecule has 2 aromatic carbocycles. The summed E-state index contributed by atoms with van der Waals surface area (Å²) in [5.41, 5.74) is 3.35. The van der Waals surface area contributed by atoms with Gasteiger partial charge >= 0.3 is 0 Å². The van der Waals surface area contributed by atoms with Gasteiger partial charge in [0.15, 0.2) is 0 Å². The zero-order chi connectivity index (χ0) is 33.2. The summed E-state index contributed by atoms with van der Waals surface area (Å²) in [6.45, 7) is 13.2. The lowest BCUT2D eigenvalue weighted by Gasteiger charge is -2.35. The van der Waals surface area contributed by atoms with Crippen LogP contribution in [0.1, 0.15) is 61.4 Å². The van der Waals surface area contributed by atoms with E-state index in [1.807, 2.05) is 57.0 Å². The number of hydrogen-bond donors (Lipinski definition) is 1. The van der Waals surface area contributed by atoms with Gasteiger partial charge in [0.2, 0.25) is 11.8 Å². The minimum Gasteiger partial charge on any atom is -0.475 e. The molecule has 11 nitrogen and oxygen atoms in total. The third kappa shape index (κ3) is 7.44. The number of nitrogens with one attached hydrogen (secondary N) is 1. The highest BCUT2D eigenvalue weighted by Gasteiger charge is 2.32. The van der Waals surface area contributed by atoms with Crippen molar-refractivity contribution in [3.8, 4) is 17.1 Å². The van der Waals surface area contributed by atoms with Crippen molar-refractivity contribution in [1.29, 1.82) is 0 Å². The predicted molar refractivity (Wildman–Crippen MR) is 178 cm³/mol. The molecule has 5 rings (SSSR count). The zero-order valence-corrected chi connectivity index (χ0v) is 28.2. The lowest BCUT2D eigenvalue weighted by molar-refractivity contribution is 0.0505. The summed E-state index contributed by atoms with van der Waals surface area (Å²) in [4.78, 5) is 36.2. The second-order valence-corrected chi connectivity index (χ2v) is 14.5. The van der Waals surface area contributed by atoms with E-state index in [1.165, 1.54) is 12.1 Å². The molecule has 242 valence electrons. The number of sulfonamides is 1. The summed E-state index contributed by atoms with van der Waals surface area (Å²) in [6, 6.07) is 15.0. The molecular weight excluding hydrogens is 602 g/mol. The molecule has 1 amide bonds.